The van der Waals surface area contributed by atoms with Crippen molar-refractivity contribution in [2.75, 3.05) is 0 Å². The highest BCUT2D eigenvalue weighted by Crippen LogP contribution is 2.44. The summed E-state index contributed by atoms with van der Waals surface area (Å²) in [5.41, 5.74) is 11.4. The average molecular weight is 546 g/mol. The van der Waals surface area contributed by atoms with E-state index in [0.29, 0.717) is 0 Å². The van der Waals surface area contributed by atoms with Crippen molar-refractivity contribution in [3.05, 3.63) is 134 Å². The molecule has 2 nitrogen and oxygen atoms in total. The van der Waals surface area contributed by atoms with Crippen molar-refractivity contribution < 1.29 is 8.98 Å². The Hall–Kier alpha value is -4.86. The zero-order chi connectivity index (χ0) is 27.7. The number of fused-ring (bicyclic) bond motifs is 6. The van der Waals surface area contributed by atoms with Gasteiger partial charge in [-0.05, 0) is 60.4 Å². The average Bonchev–Trinajstić information content (AvgIpc) is 3.56. The van der Waals surface area contributed by atoms with Gasteiger partial charge in [0.1, 0.15) is 16.9 Å². The smallest absolute Gasteiger partial charge is 0.143 e. The van der Waals surface area contributed by atoms with Gasteiger partial charge in [0.05, 0.1) is 6.20 Å². The van der Waals surface area contributed by atoms with Crippen LogP contribution in [0.25, 0.3) is 75.6 Å². The molecule has 3 heteroatoms. The number of pyridine rings is 1. The molecule has 3 aromatic heterocycles. The van der Waals surface area contributed by atoms with Gasteiger partial charge >= 0.3 is 0 Å². The minimum atomic E-state index is 0.923. The van der Waals surface area contributed by atoms with Gasteiger partial charge in [-0.2, -0.15) is 0 Å². The van der Waals surface area contributed by atoms with Crippen LogP contribution in [0.5, 0.6) is 0 Å². The minimum Gasteiger partial charge on any atom is -0.455 e. The monoisotopic (exact) mass is 545 g/mol. The van der Waals surface area contributed by atoms with Crippen LogP contribution in [0, 0.1) is 20.9 Å². The van der Waals surface area contributed by atoms with Crippen LogP contribution >= 0.6 is 11.3 Å². The van der Waals surface area contributed by atoms with E-state index in [4.69, 9.17) is 4.42 Å². The molecule has 8 rings (SSSR count). The quantitative estimate of drug-likeness (QED) is 0.159. The number of nitrogens with zero attached hydrogens (tertiary/aromatic N) is 1. The van der Waals surface area contributed by atoms with E-state index in [9.17, 15) is 0 Å². The second-order valence-electron chi connectivity index (χ2n) is 10.8. The lowest BCUT2D eigenvalue weighted by Gasteiger charge is -2.16. The third-order valence-corrected chi connectivity index (χ3v) is 9.48. The Morgan fingerprint density at radius 3 is 2.32 bits per heavy atom. The molecule has 41 heavy (non-hydrogen) atoms. The van der Waals surface area contributed by atoms with Gasteiger partial charge in [0.2, 0.25) is 0 Å². The Kier molecular flexibility index (Phi) is 5.31. The highest BCUT2D eigenvalue weighted by Gasteiger charge is 2.18. The van der Waals surface area contributed by atoms with Gasteiger partial charge in [-0.25, -0.2) is 0 Å². The van der Waals surface area contributed by atoms with Gasteiger partial charge in [0.15, 0.2) is 0 Å². The number of aryl methyl sites for hydroxylation is 2. The maximum atomic E-state index is 6.37. The van der Waals surface area contributed by atoms with Crippen molar-refractivity contribution in [2.24, 2.45) is 0 Å². The minimum absolute atomic E-state index is 0.923. The summed E-state index contributed by atoms with van der Waals surface area (Å²) in [7, 11) is 4.44. The van der Waals surface area contributed by atoms with Gasteiger partial charge in [0.25, 0.3) is 0 Å². The molecule has 0 aliphatic carbocycles. The van der Waals surface area contributed by atoms with E-state index >= 15 is 0 Å². The zero-order valence-electron chi connectivity index (χ0n) is 22.9. The Balaban J connectivity index is 1.32. The van der Waals surface area contributed by atoms with Gasteiger partial charge in [-0.15, -0.1) is 11.3 Å². The molecule has 0 fully saturated rings. The summed E-state index contributed by atoms with van der Waals surface area (Å²) in [6.45, 7) is 4.39. The number of hydrogen-bond acceptors (Lipinski definition) is 2. The van der Waals surface area contributed by atoms with Crippen molar-refractivity contribution in [3.8, 4) is 33.5 Å². The molecule has 0 unspecified atom stereocenters. The molecule has 5 aromatic carbocycles. The lowest BCUT2D eigenvalue weighted by molar-refractivity contribution is -0.600. The van der Waals surface area contributed by atoms with Crippen molar-refractivity contribution in [3.63, 3.8) is 0 Å². The molecule has 0 aliphatic rings. The molecule has 0 bridgehead atoms. The first-order valence-corrected chi connectivity index (χ1v) is 14.7. The number of benzene rings is 5. The highest BCUT2D eigenvalue weighted by atomic mass is 32.1. The van der Waals surface area contributed by atoms with Crippen LogP contribution in [0.3, 0.4) is 0 Å². The molecule has 0 radical (unpaired) electrons. The van der Waals surface area contributed by atoms with Crippen LogP contribution in [0.1, 0.15) is 11.1 Å². The second kappa shape index (κ2) is 9.09. The number of para-hydroxylation sites is 2. The van der Waals surface area contributed by atoms with E-state index in [1.54, 1.807) is 0 Å². The molecular formula is C38H27NOS. The van der Waals surface area contributed by atoms with Gasteiger partial charge in [-0.3, -0.25) is 0 Å². The van der Waals surface area contributed by atoms with Crippen LogP contribution < -0.4 is 4.57 Å². The zero-order valence-corrected chi connectivity index (χ0v) is 23.8. The Morgan fingerprint density at radius 2 is 1.44 bits per heavy atom. The summed E-state index contributed by atoms with van der Waals surface area (Å²) in [5.74, 6) is 0. The maximum Gasteiger partial charge on any atom is 0.143 e. The van der Waals surface area contributed by atoms with Crippen LogP contribution in [-0.2, 0) is 0 Å². The van der Waals surface area contributed by atoms with Gasteiger partial charge < -0.3 is 8.98 Å². The maximum absolute atomic E-state index is 6.37. The highest BCUT2D eigenvalue weighted by molar-refractivity contribution is 7.26. The molecule has 0 atom stereocenters. The van der Waals surface area contributed by atoms with E-state index in [-0.39, 0.29) is 0 Å². The van der Waals surface area contributed by atoms with E-state index in [1.807, 2.05) is 28.0 Å². The lowest BCUT2D eigenvalue weighted by atomic mass is 9.96. The summed E-state index contributed by atoms with van der Waals surface area (Å²) >= 11 is 1.86. The van der Waals surface area contributed by atoms with E-state index in [2.05, 4.69) is 124 Å². The van der Waals surface area contributed by atoms with E-state index in [1.165, 1.54) is 53.6 Å². The predicted octanol–water partition coefficient (Wildman–Crippen LogP) is 10.5. The lowest BCUT2D eigenvalue weighted by Crippen LogP contribution is -2.29. The number of rotatable bonds is 3. The molecule has 0 N–H and O–H groups in total. The summed E-state index contributed by atoms with van der Waals surface area (Å²) in [5, 5.41) is 4.85. The fourth-order valence-electron chi connectivity index (χ4n) is 6.23. The molecule has 0 spiro atoms. The van der Waals surface area contributed by atoms with Gasteiger partial charge in [-0.1, -0.05) is 90.5 Å². The fourth-order valence-corrected chi connectivity index (χ4v) is 7.52. The molecule has 8 aromatic rings. The summed E-state index contributed by atoms with van der Waals surface area (Å²) in [6, 6.07) is 38.9. The molecule has 3 heterocycles. The molecule has 196 valence electrons. The molecular weight excluding hydrogens is 518 g/mol. The van der Waals surface area contributed by atoms with Crippen LogP contribution in [0.2, 0.25) is 0 Å². The number of aromatic nitrogens is 1. The Labute approximate surface area is 242 Å². The largest absolute Gasteiger partial charge is 0.455 e. The predicted molar refractivity (Wildman–Crippen MR) is 173 cm³/mol. The third-order valence-electron chi connectivity index (χ3n) is 8.28. The fraction of sp³-hybridized carbons (Fsp3) is 0.0526. The van der Waals surface area contributed by atoms with E-state index < -0.39 is 0 Å². The number of furan rings is 1. The SMILES string of the molecule is [CH2-][n+]1cc(-c2ccccc2)c(C)cc1-c1c(C)ccc2c1sc1ccc(-c3cccc4c3oc3ccccc34)cc12. The Bertz CT molecular complexity index is 2290. The first-order valence-electron chi connectivity index (χ1n) is 13.9. The van der Waals surface area contributed by atoms with Crippen molar-refractivity contribution in [1.82, 2.24) is 0 Å². The van der Waals surface area contributed by atoms with Crippen molar-refractivity contribution in [2.45, 2.75) is 13.8 Å². The normalized spacial score (nSPS) is 11.8. The first kappa shape index (κ1) is 24.0. The van der Waals surface area contributed by atoms with E-state index in [0.717, 1.165) is 33.2 Å². The Morgan fingerprint density at radius 1 is 0.634 bits per heavy atom. The number of thiophene rings is 1. The number of hydrogen-bond donors (Lipinski definition) is 0. The molecule has 0 amide bonds. The molecule has 0 saturated heterocycles. The summed E-state index contributed by atoms with van der Waals surface area (Å²) < 4.78 is 11.0. The van der Waals surface area contributed by atoms with Crippen LogP contribution in [0.4, 0.5) is 0 Å². The summed E-state index contributed by atoms with van der Waals surface area (Å²) in [6.07, 6.45) is 2.16. The van der Waals surface area contributed by atoms with Crippen LogP contribution in [-0.4, -0.2) is 0 Å². The molecule has 0 aliphatic heterocycles. The van der Waals surface area contributed by atoms with Crippen molar-refractivity contribution >= 4 is 53.4 Å². The van der Waals surface area contributed by atoms with Gasteiger partial charge in [0, 0.05) is 49.1 Å². The standard InChI is InChI=1S/C38H27NOS/c1-23-16-18-30-31-21-26(27-13-9-14-29-28-12-7-8-15-34(28)40-37(27)29)17-19-35(31)41-38(30)36(23)33-20-24(2)32(22-39(33)3)25-10-5-4-6-11-25/h4-22H,3H2,1-2H3. The second-order valence-corrected chi connectivity index (χ2v) is 11.9. The van der Waals surface area contributed by atoms with Crippen molar-refractivity contribution in [1.29, 1.82) is 0 Å². The van der Waals surface area contributed by atoms with Crippen LogP contribution in [0.15, 0.2) is 120 Å². The first-order chi connectivity index (χ1) is 20.1. The topological polar surface area (TPSA) is 17.0 Å². The third kappa shape index (κ3) is 3.70. The summed E-state index contributed by atoms with van der Waals surface area (Å²) in [4.78, 5) is 0. The molecule has 0 saturated carbocycles.